The second-order valence-electron chi connectivity index (χ2n) is 6.19. The molecule has 3 nitrogen and oxygen atoms in total. The van der Waals surface area contributed by atoms with Crippen molar-refractivity contribution in [2.24, 2.45) is 0 Å². The predicted octanol–water partition coefficient (Wildman–Crippen LogP) is 4.51. The SMILES string of the molecule is CC(C)N1CCc2c(sc(N)c2-c2nc3cc(F)ccc3s2)C1. The maximum Gasteiger partial charge on any atom is 0.127 e. The smallest absolute Gasteiger partial charge is 0.127 e. The van der Waals surface area contributed by atoms with Crippen molar-refractivity contribution in [2.45, 2.75) is 32.9 Å². The predicted molar refractivity (Wildman–Crippen MR) is 96.6 cm³/mol. The van der Waals surface area contributed by atoms with E-state index in [9.17, 15) is 4.39 Å². The summed E-state index contributed by atoms with van der Waals surface area (Å²) in [6.07, 6.45) is 1.00. The van der Waals surface area contributed by atoms with Crippen LogP contribution >= 0.6 is 22.7 Å². The van der Waals surface area contributed by atoms with E-state index in [2.05, 4.69) is 23.7 Å². The number of hydrogen-bond donors (Lipinski definition) is 1. The van der Waals surface area contributed by atoms with Gasteiger partial charge in [-0.2, -0.15) is 0 Å². The zero-order chi connectivity index (χ0) is 16.1. The van der Waals surface area contributed by atoms with Crippen molar-refractivity contribution in [1.82, 2.24) is 9.88 Å². The summed E-state index contributed by atoms with van der Waals surface area (Å²) in [7, 11) is 0. The molecule has 0 unspecified atom stereocenters. The standard InChI is InChI=1S/C17H18FN3S2/c1-9(2)21-6-5-11-14(8-21)22-16(19)15(11)17-20-12-7-10(18)3-4-13(12)23-17/h3-4,7,9H,5-6,8,19H2,1-2H3. The molecular formula is C17H18FN3S2. The molecule has 0 fully saturated rings. The minimum absolute atomic E-state index is 0.248. The molecule has 0 amide bonds. The van der Waals surface area contributed by atoms with Gasteiger partial charge in [-0.3, -0.25) is 4.90 Å². The summed E-state index contributed by atoms with van der Waals surface area (Å²) in [5.41, 5.74) is 9.45. The first kappa shape index (κ1) is 15.1. The van der Waals surface area contributed by atoms with E-state index in [0.29, 0.717) is 11.6 Å². The summed E-state index contributed by atoms with van der Waals surface area (Å²) in [5, 5.41) is 1.75. The van der Waals surface area contributed by atoms with Gasteiger partial charge in [0, 0.05) is 35.6 Å². The van der Waals surface area contributed by atoms with Gasteiger partial charge >= 0.3 is 0 Å². The van der Waals surface area contributed by atoms with Crippen LogP contribution in [-0.4, -0.2) is 22.5 Å². The molecule has 0 spiro atoms. The molecule has 2 aromatic heterocycles. The lowest BCUT2D eigenvalue weighted by atomic mass is 10.0. The van der Waals surface area contributed by atoms with Crippen LogP contribution in [-0.2, 0) is 13.0 Å². The number of halogens is 1. The Labute approximate surface area is 142 Å². The summed E-state index contributed by atoms with van der Waals surface area (Å²) in [4.78, 5) is 8.45. The van der Waals surface area contributed by atoms with Gasteiger partial charge in [0.05, 0.1) is 15.2 Å². The second-order valence-corrected chi connectivity index (χ2v) is 8.36. The van der Waals surface area contributed by atoms with E-state index in [1.54, 1.807) is 28.7 Å². The monoisotopic (exact) mass is 347 g/mol. The zero-order valence-electron chi connectivity index (χ0n) is 13.1. The minimum atomic E-state index is -0.248. The number of fused-ring (bicyclic) bond motifs is 2. The molecule has 6 heteroatoms. The lowest BCUT2D eigenvalue weighted by Gasteiger charge is -2.30. The van der Waals surface area contributed by atoms with Crippen LogP contribution in [0, 0.1) is 5.82 Å². The molecule has 4 rings (SSSR count). The molecule has 0 radical (unpaired) electrons. The number of nitrogens with zero attached hydrogens (tertiary/aromatic N) is 2. The molecule has 2 N–H and O–H groups in total. The molecule has 3 aromatic rings. The number of aromatic nitrogens is 1. The largest absolute Gasteiger partial charge is 0.390 e. The van der Waals surface area contributed by atoms with Gasteiger partial charge in [0.1, 0.15) is 10.8 Å². The first-order valence-corrected chi connectivity index (χ1v) is 9.36. The van der Waals surface area contributed by atoms with E-state index in [-0.39, 0.29) is 5.82 Å². The van der Waals surface area contributed by atoms with E-state index in [4.69, 9.17) is 5.73 Å². The number of thiazole rings is 1. The van der Waals surface area contributed by atoms with Gasteiger partial charge in [-0.1, -0.05) is 0 Å². The summed E-state index contributed by atoms with van der Waals surface area (Å²) in [6.45, 7) is 6.46. The Bertz CT molecular complexity index is 881. The van der Waals surface area contributed by atoms with Crippen LogP contribution in [0.3, 0.4) is 0 Å². The van der Waals surface area contributed by atoms with Crippen LogP contribution in [0.1, 0.15) is 24.3 Å². The average Bonchev–Trinajstić information content (AvgIpc) is 3.04. The number of anilines is 1. The molecule has 0 bridgehead atoms. The van der Waals surface area contributed by atoms with Crippen LogP contribution < -0.4 is 5.73 Å². The summed E-state index contributed by atoms with van der Waals surface area (Å²) >= 11 is 3.27. The van der Waals surface area contributed by atoms with Crippen molar-refractivity contribution in [3.63, 3.8) is 0 Å². The fourth-order valence-electron chi connectivity index (χ4n) is 3.13. The third-order valence-electron chi connectivity index (χ3n) is 4.41. The van der Waals surface area contributed by atoms with E-state index in [1.165, 1.54) is 22.6 Å². The van der Waals surface area contributed by atoms with Crippen molar-refractivity contribution >= 4 is 37.9 Å². The summed E-state index contributed by atoms with van der Waals surface area (Å²) < 4.78 is 14.4. The normalized spacial score (nSPS) is 15.5. The molecule has 0 atom stereocenters. The molecule has 0 saturated heterocycles. The summed E-state index contributed by atoms with van der Waals surface area (Å²) in [5.74, 6) is -0.248. The third-order valence-corrected chi connectivity index (χ3v) is 6.51. The van der Waals surface area contributed by atoms with E-state index in [0.717, 1.165) is 39.8 Å². The molecule has 0 saturated carbocycles. The average molecular weight is 347 g/mol. The van der Waals surface area contributed by atoms with Crippen LogP contribution in [0.2, 0.25) is 0 Å². The minimum Gasteiger partial charge on any atom is -0.390 e. The third kappa shape index (κ3) is 2.55. The first-order chi connectivity index (χ1) is 11.0. The molecular weight excluding hydrogens is 329 g/mol. The fraction of sp³-hybridized carbons (Fsp3) is 0.353. The molecule has 1 aromatic carbocycles. The summed E-state index contributed by atoms with van der Waals surface area (Å²) in [6, 6.07) is 5.31. The van der Waals surface area contributed by atoms with Crippen molar-refractivity contribution in [3.05, 3.63) is 34.5 Å². The van der Waals surface area contributed by atoms with Crippen molar-refractivity contribution in [1.29, 1.82) is 0 Å². The second kappa shape index (κ2) is 5.54. The highest BCUT2D eigenvalue weighted by Crippen LogP contribution is 2.44. The molecule has 1 aliphatic rings. The molecule has 3 heterocycles. The molecule has 23 heavy (non-hydrogen) atoms. The Kier molecular flexibility index (Phi) is 3.63. The Morgan fingerprint density at radius 2 is 2.13 bits per heavy atom. The van der Waals surface area contributed by atoms with E-state index in [1.807, 2.05) is 0 Å². The van der Waals surface area contributed by atoms with Gasteiger partial charge in [-0.25, -0.2) is 9.37 Å². The highest BCUT2D eigenvalue weighted by Gasteiger charge is 2.26. The Morgan fingerprint density at radius 1 is 1.30 bits per heavy atom. The van der Waals surface area contributed by atoms with Crippen LogP contribution in [0.4, 0.5) is 9.39 Å². The van der Waals surface area contributed by atoms with Crippen molar-refractivity contribution < 1.29 is 4.39 Å². The van der Waals surface area contributed by atoms with Crippen molar-refractivity contribution in [2.75, 3.05) is 12.3 Å². The topological polar surface area (TPSA) is 42.1 Å². The fourth-order valence-corrected chi connectivity index (χ4v) is 5.37. The van der Waals surface area contributed by atoms with Crippen molar-refractivity contribution in [3.8, 4) is 10.6 Å². The number of nitrogen functional groups attached to an aromatic ring is 1. The Hall–Kier alpha value is -1.50. The molecule has 1 aliphatic heterocycles. The van der Waals surface area contributed by atoms with E-state index < -0.39 is 0 Å². The highest BCUT2D eigenvalue weighted by atomic mass is 32.1. The van der Waals surface area contributed by atoms with Crippen LogP contribution in [0.15, 0.2) is 18.2 Å². The lowest BCUT2D eigenvalue weighted by molar-refractivity contribution is 0.206. The van der Waals surface area contributed by atoms with Gasteiger partial charge in [0.25, 0.3) is 0 Å². The quantitative estimate of drug-likeness (QED) is 0.741. The highest BCUT2D eigenvalue weighted by molar-refractivity contribution is 7.22. The van der Waals surface area contributed by atoms with Gasteiger partial charge in [-0.15, -0.1) is 22.7 Å². The van der Waals surface area contributed by atoms with Crippen LogP contribution in [0.25, 0.3) is 20.8 Å². The van der Waals surface area contributed by atoms with Crippen LogP contribution in [0.5, 0.6) is 0 Å². The molecule has 120 valence electrons. The zero-order valence-corrected chi connectivity index (χ0v) is 14.7. The van der Waals surface area contributed by atoms with Gasteiger partial charge < -0.3 is 5.73 Å². The Balaban J connectivity index is 1.80. The lowest BCUT2D eigenvalue weighted by Crippen LogP contribution is -2.35. The van der Waals surface area contributed by atoms with Gasteiger partial charge in [0.15, 0.2) is 0 Å². The molecule has 0 aliphatic carbocycles. The number of thiophene rings is 1. The van der Waals surface area contributed by atoms with E-state index >= 15 is 0 Å². The Morgan fingerprint density at radius 3 is 2.91 bits per heavy atom. The number of hydrogen-bond acceptors (Lipinski definition) is 5. The maximum absolute atomic E-state index is 13.4. The first-order valence-electron chi connectivity index (χ1n) is 7.73. The number of rotatable bonds is 2. The van der Waals surface area contributed by atoms with Gasteiger partial charge in [-0.05, 0) is 38.0 Å². The number of benzene rings is 1. The number of nitrogens with two attached hydrogens (primary N) is 1. The van der Waals surface area contributed by atoms with Gasteiger partial charge in [0.2, 0.25) is 0 Å². The maximum atomic E-state index is 13.4.